The smallest absolute Gasteiger partial charge is 0.119 e. The lowest BCUT2D eigenvalue weighted by Gasteiger charge is -2.17. The van der Waals surface area contributed by atoms with Gasteiger partial charge in [0.2, 0.25) is 0 Å². The van der Waals surface area contributed by atoms with Crippen molar-refractivity contribution in [1.82, 2.24) is 0 Å². The molecule has 0 N–H and O–H groups in total. The lowest BCUT2D eigenvalue weighted by Crippen LogP contribution is -2.10. The fourth-order valence-corrected chi connectivity index (χ4v) is 2.66. The van der Waals surface area contributed by atoms with Gasteiger partial charge in [0.1, 0.15) is 5.75 Å². The first-order chi connectivity index (χ1) is 8.06. The highest BCUT2D eigenvalue weighted by Gasteiger charge is 2.13. The Morgan fingerprint density at radius 1 is 1.35 bits per heavy atom. The van der Waals surface area contributed by atoms with Gasteiger partial charge in [-0.2, -0.15) is 0 Å². The second-order valence-corrected chi connectivity index (χ2v) is 5.97. The third-order valence-electron chi connectivity index (χ3n) is 2.78. The summed E-state index contributed by atoms with van der Waals surface area (Å²) in [4.78, 5) is 0. The molecule has 0 aliphatic carbocycles. The second kappa shape index (κ2) is 7.27. The summed E-state index contributed by atoms with van der Waals surface area (Å²) in [6.45, 7) is 4.47. The average molecular weight is 320 g/mol. The van der Waals surface area contributed by atoms with E-state index < -0.39 is 0 Å². The second-order valence-electron chi connectivity index (χ2n) is 4.81. The molecule has 1 rings (SSSR count). The van der Waals surface area contributed by atoms with E-state index in [4.69, 9.17) is 16.3 Å². The van der Waals surface area contributed by atoms with Crippen LogP contribution in [0.15, 0.2) is 22.7 Å². The van der Waals surface area contributed by atoms with Crippen LogP contribution in [0.4, 0.5) is 0 Å². The minimum atomic E-state index is 0.528. The molecule has 1 atom stereocenters. The van der Waals surface area contributed by atoms with Crippen molar-refractivity contribution in [3.05, 3.63) is 28.2 Å². The monoisotopic (exact) mass is 318 g/mol. The first-order valence-corrected chi connectivity index (χ1v) is 7.28. The van der Waals surface area contributed by atoms with Gasteiger partial charge < -0.3 is 4.74 Å². The molecule has 0 fully saturated rings. The van der Waals surface area contributed by atoms with Gasteiger partial charge in [-0.1, -0.05) is 29.8 Å². The molecule has 17 heavy (non-hydrogen) atoms. The van der Waals surface area contributed by atoms with Gasteiger partial charge >= 0.3 is 0 Å². The normalized spacial score (nSPS) is 12.8. The number of alkyl halides is 1. The van der Waals surface area contributed by atoms with Crippen LogP contribution < -0.4 is 4.74 Å². The summed E-state index contributed by atoms with van der Waals surface area (Å²) in [6, 6.07) is 6.09. The van der Waals surface area contributed by atoms with Gasteiger partial charge in [0.15, 0.2) is 0 Å². The maximum absolute atomic E-state index is 6.04. The number of halogens is 2. The third kappa shape index (κ3) is 4.89. The topological polar surface area (TPSA) is 9.23 Å². The van der Waals surface area contributed by atoms with Crippen molar-refractivity contribution in [2.24, 2.45) is 11.8 Å². The van der Waals surface area contributed by atoms with Crippen LogP contribution in [0.25, 0.3) is 0 Å². The molecule has 1 nitrogen and oxygen atoms in total. The molecule has 96 valence electrons. The van der Waals surface area contributed by atoms with E-state index in [2.05, 4.69) is 35.8 Å². The number of methoxy groups -OCH3 is 1. The standard InChI is InChI=1S/C14H20BrClO/c1-10(2)6-11(9-16)7-12-8-13(17-3)4-5-14(12)15/h4-5,8,10-11H,6-7,9H2,1-3H3. The molecule has 0 saturated carbocycles. The van der Waals surface area contributed by atoms with Crippen LogP contribution in [0.5, 0.6) is 5.75 Å². The van der Waals surface area contributed by atoms with E-state index in [0.717, 1.165) is 23.1 Å². The van der Waals surface area contributed by atoms with Crippen molar-refractivity contribution in [3.8, 4) is 5.75 Å². The van der Waals surface area contributed by atoms with E-state index in [0.29, 0.717) is 17.7 Å². The molecule has 0 aliphatic heterocycles. The quantitative estimate of drug-likeness (QED) is 0.678. The summed E-state index contributed by atoms with van der Waals surface area (Å²) < 4.78 is 6.39. The largest absolute Gasteiger partial charge is 0.497 e. The van der Waals surface area contributed by atoms with Crippen LogP contribution in [-0.2, 0) is 6.42 Å². The Labute approximate surface area is 118 Å². The van der Waals surface area contributed by atoms with Crippen molar-refractivity contribution in [2.45, 2.75) is 26.7 Å². The molecule has 0 heterocycles. The summed E-state index contributed by atoms with van der Waals surface area (Å²) in [6.07, 6.45) is 2.16. The van der Waals surface area contributed by atoms with Gasteiger partial charge in [-0.3, -0.25) is 0 Å². The zero-order chi connectivity index (χ0) is 12.8. The van der Waals surface area contributed by atoms with Gasteiger partial charge in [0, 0.05) is 10.4 Å². The fraction of sp³-hybridized carbons (Fsp3) is 0.571. The minimum Gasteiger partial charge on any atom is -0.497 e. The highest BCUT2D eigenvalue weighted by atomic mass is 79.9. The maximum atomic E-state index is 6.04. The van der Waals surface area contributed by atoms with Gasteiger partial charge in [-0.25, -0.2) is 0 Å². The van der Waals surface area contributed by atoms with Gasteiger partial charge in [-0.05, 0) is 48.4 Å². The molecule has 1 unspecified atom stereocenters. The van der Waals surface area contributed by atoms with Gasteiger partial charge in [-0.15, -0.1) is 11.6 Å². The molecule has 0 bridgehead atoms. The van der Waals surface area contributed by atoms with E-state index in [1.165, 1.54) is 5.56 Å². The van der Waals surface area contributed by atoms with E-state index in [9.17, 15) is 0 Å². The number of rotatable bonds is 6. The summed E-state index contributed by atoms with van der Waals surface area (Å²) in [7, 11) is 1.69. The van der Waals surface area contributed by atoms with Crippen LogP contribution in [0.2, 0.25) is 0 Å². The Hall–Kier alpha value is -0.210. The highest BCUT2D eigenvalue weighted by molar-refractivity contribution is 9.10. The molecule has 0 saturated heterocycles. The SMILES string of the molecule is COc1ccc(Br)c(CC(CCl)CC(C)C)c1. The maximum Gasteiger partial charge on any atom is 0.119 e. The summed E-state index contributed by atoms with van der Waals surface area (Å²) >= 11 is 9.63. The molecule has 0 spiro atoms. The van der Waals surface area contributed by atoms with Crippen LogP contribution in [0, 0.1) is 11.8 Å². The molecule has 0 aromatic heterocycles. The van der Waals surface area contributed by atoms with E-state index in [1.807, 2.05) is 12.1 Å². The molecular formula is C14H20BrClO. The molecule has 1 aromatic carbocycles. The Morgan fingerprint density at radius 3 is 2.59 bits per heavy atom. The van der Waals surface area contributed by atoms with Crippen molar-refractivity contribution in [1.29, 1.82) is 0 Å². The lowest BCUT2D eigenvalue weighted by molar-refractivity contribution is 0.411. The van der Waals surface area contributed by atoms with Crippen LogP contribution in [0.3, 0.4) is 0 Å². The Bertz CT molecular complexity index is 352. The third-order valence-corrected chi connectivity index (χ3v) is 3.99. The highest BCUT2D eigenvalue weighted by Crippen LogP contribution is 2.27. The minimum absolute atomic E-state index is 0.528. The average Bonchev–Trinajstić information content (AvgIpc) is 2.30. The number of hydrogen-bond donors (Lipinski definition) is 0. The van der Waals surface area contributed by atoms with Crippen molar-refractivity contribution in [3.63, 3.8) is 0 Å². The molecule has 3 heteroatoms. The zero-order valence-corrected chi connectivity index (χ0v) is 13.0. The predicted octanol–water partition coefficient (Wildman–Crippen LogP) is 4.90. The fourth-order valence-electron chi connectivity index (χ4n) is 2.01. The van der Waals surface area contributed by atoms with E-state index in [-0.39, 0.29) is 0 Å². The molecular weight excluding hydrogens is 300 g/mol. The first-order valence-electron chi connectivity index (χ1n) is 5.95. The van der Waals surface area contributed by atoms with Crippen LogP contribution in [-0.4, -0.2) is 13.0 Å². The van der Waals surface area contributed by atoms with Crippen molar-refractivity contribution in [2.75, 3.05) is 13.0 Å². The van der Waals surface area contributed by atoms with E-state index in [1.54, 1.807) is 7.11 Å². The van der Waals surface area contributed by atoms with Gasteiger partial charge in [0.25, 0.3) is 0 Å². The molecule has 0 radical (unpaired) electrons. The Morgan fingerprint density at radius 2 is 2.06 bits per heavy atom. The molecule has 0 aliphatic rings. The number of ether oxygens (including phenoxy) is 1. The van der Waals surface area contributed by atoms with Crippen LogP contribution >= 0.6 is 27.5 Å². The Balaban J connectivity index is 2.77. The molecule has 0 amide bonds. The number of benzene rings is 1. The lowest BCUT2D eigenvalue weighted by atomic mass is 9.92. The summed E-state index contributed by atoms with van der Waals surface area (Å²) in [5, 5.41) is 0. The van der Waals surface area contributed by atoms with Crippen molar-refractivity contribution >= 4 is 27.5 Å². The summed E-state index contributed by atoms with van der Waals surface area (Å²) in [5.41, 5.74) is 1.27. The van der Waals surface area contributed by atoms with Gasteiger partial charge in [0.05, 0.1) is 7.11 Å². The zero-order valence-electron chi connectivity index (χ0n) is 10.7. The van der Waals surface area contributed by atoms with Crippen molar-refractivity contribution < 1.29 is 4.74 Å². The van der Waals surface area contributed by atoms with E-state index >= 15 is 0 Å². The first kappa shape index (κ1) is 14.8. The summed E-state index contributed by atoms with van der Waals surface area (Å²) in [5.74, 6) is 2.83. The molecule has 1 aromatic rings. The Kier molecular flexibility index (Phi) is 6.35. The predicted molar refractivity (Wildman–Crippen MR) is 78.1 cm³/mol. The number of hydrogen-bond acceptors (Lipinski definition) is 1. The van der Waals surface area contributed by atoms with Crippen LogP contribution in [0.1, 0.15) is 25.8 Å².